The number of halogens is 1. The van der Waals surface area contributed by atoms with Gasteiger partial charge in [0.2, 0.25) is 0 Å². The lowest BCUT2D eigenvalue weighted by Crippen LogP contribution is -1.97. The number of nitriles is 1. The molecule has 78 valence electrons. The molecule has 0 aromatic heterocycles. The highest BCUT2D eigenvalue weighted by atomic mass is 19.1. The Balaban J connectivity index is 2.38. The van der Waals surface area contributed by atoms with Crippen molar-refractivity contribution < 1.29 is 4.39 Å². The van der Waals surface area contributed by atoms with Gasteiger partial charge in [-0.2, -0.15) is 5.26 Å². The summed E-state index contributed by atoms with van der Waals surface area (Å²) < 4.78 is 12.8. The van der Waals surface area contributed by atoms with Gasteiger partial charge in [0.25, 0.3) is 0 Å². The van der Waals surface area contributed by atoms with E-state index in [1.165, 1.54) is 12.1 Å². The Morgan fingerprint density at radius 2 is 1.44 bits per heavy atom. The van der Waals surface area contributed by atoms with E-state index in [4.69, 9.17) is 5.26 Å². The van der Waals surface area contributed by atoms with Crippen LogP contribution in [0, 0.1) is 17.1 Å². The van der Waals surface area contributed by atoms with E-state index in [1.54, 1.807) is 12.1 Å². The molecule has 16 heavy (non-hydrogen) atoms. The van der Waals surface area contributed by atoms with Gasteiger partial charge in [0, 0.05) is 0 Å². The Morgan fingerprint density at radius 3 is 2.00 bits per heavy atom. The zero-order chi connectivity index (χ0) is 11.4. The summed E-state index contributed by atoms with van der Waals surface area (Å²) in [5, 5.41) is 9.16. The molecule has 0 radical (unpaired) electrons. The largest absolute Gasteiger partial charge is 0.207 e. The molecule has 0 spiro atoms. The third-order valence-electron chi connectivity index (χ3n) is 2.47. The fourth-order valence-electron chi connectivity index (χ4n) is 1.64. The van der Waals surface area contributed by atoms with Crippen molar-refractivity contribution in [1.82, 2.24) is 0 Å². The minimum Gasteiger partial charge on any atom is -0.207 e. The van der Waals surface area contributed by atoms with Crippen LogP contribution < -0.4 is 0 Å². The van der Waals surface area contributed by atoms with E-state index in [-0.39, 0.29) is 11.7 Å². The van der Waals surface area contributed by atoms with Crippen LogP contribution in [0.1, 0.15) is 17.0 Å². The van der Waals surface area contributed by atoms with Gasteiger partial charge in [-0.15, -0.1) is 0 Å². The number of hydrogen-bond donors (Lipinski definition) is 0. The van der Waals surface area contributed by atoms with E-state index in [0.29, 0.717) is 0 Å². The maximum atomic E-state index is 12.8. The van der Waals surface area contributed by atoms with Crippen LogP contribution >= 0.6 is 0 Å². The standard InChI is InChI=1S/C14H10FN/c15-13-8-6-12(7-9-13)14(10-16)11-4-2-1-3-5-11/h1-9,14H. The van der Waals surface area contributed by atoms with Crippen LogP contribution in [0.4, 0.5) is 4.39 Å². The molecule has 0 saturated heterocycles. The number of benzene rings is 2. The van der Waals surface area contributed by atoms with E-state index < -0.39 is 0 Å². The lowest BCUT2D eigenvalue weighted by molar-refractivity contribution is 0.627. The van der Waals surface area contributed by atoms with Gasteiger partial charge < -0.3 is 0 Å². The lowest BCUT2D eigenvalue weighted by atomic mass is 9.93. The predicted molar refractivity (Wildman–Crippen MR) is 60.3 cm³/mol. The molecule has 0 fully saturated rings. The summed E-state index contributed by atoms with van der Waals surface area (Å²) in [5.74, 6) is -0.615. The first-order valence-corrected chi connectivity index (χ1v) is 5.01. The normalized spacial score (nSPS) is 11.8. The van der Waals surface area contributed by atoms with E-state index in [2.05, 4.69) is 6.07 Å². The van der Waals surface area contributed by atoms with Crippen molar-refractivity contribution in [1.29, 1.82) is 5.26 Å². The number of nitrogens with zero attached hydrogens (tertiary/aromatic N) is 1. The van der Waals surface area contributed by atoms with Gasteiger partial charge in [0.15, 0.2) is 0 Å². The lowest BCUT2D eigenvalue weighted by Gasteiger charge is -2.09. The molecule has 2 rings (SSSR count). The fourth-order valence-corrected chi connectivity index (χ4v) is 1.64. The summed E-state index contributed by atoms with van der Waals surface area (Å²) >= 11 is 0. The summed E-state index contributed by atoms with van der Waals surface area (Å²) in [5.41, 5.74) is 1.74. The van der Waals surface area contributed by atoms with Gasteiger partial charge in [0.05, 0.1) is 12.0 Å². The van der Waals surface area contributed by atoms with Crippen molar-refractivity contribution >= 4 is 0 Å². The van der Waals surface area contributed by atoms with Gasteiger partial charge in [-0.05, 0) is 23.3 Å². The highest BCUT2D eigenvalue weighted by Crippen LogP contribution is 2.23. The minimum absolute atomic E-state index is 0.284. The first-order chi connectivity index (χ1) is 7.81. The second-order valence-electron chi connectivity index (χ2n) is 3.52. The molecular weight excluding hydrogens is 201 g/mol. The first-order valence-electron chi connectivity index (χ1n) is 5.01. The van der Waals surface area contributed by atoms with E-state index in [1.807, 2.05) is 30.3 Å². The third kappa shape index (κ3) is 2.09. The average Bonchev–Trinajstić information content (AvgIpc) is 2.34. The van der Waals surface area contributed by atoms with Gasteiger partial charge >= 0.3 is 0 Å². The number of rotatable bonds is 2. The SMILES string of the molecule is N#CC(c1ccccc1)c1ccc(F)cc1. The zero-order valence-corrected chi connectivity index (χ0v) is 8.60. The second-order valence-corrected chi connectivity index (χ2v) is 3.52. The zero-order valence-electron chi connectivity index (χ0n) is 8.60. The van der Waals surface area contributed by atoms with Crippen molar-refractivity contribution in [2.24, 2.45) is 0 Å². The molecule has 0 aliphatic heterocycles. The molecule has 0 saturated carbocycles. The molecule has 1 unspecified atom stereocenters. The molecule has 2 aromatic rings. The average molecular weight is 211 g/mol. The minimum atomic E-state index is -0.332. The van der Waals surface area contributed by atoms with Gasteiger partial charge in [-0.1, -0.05) is 42.5 Å². The fraction of sp³-hybridized carbons (Fsp3) is 0.0714. The van der Waals surface area contributed by atoms with E-state index in [0.717, 1.165) is 11.1 Å². The Hall–Kier alpha value is -2.14. The molecule has 0 aliphatic carbocycles. The van der Waals surface area contributed by atoms with Crippen molar-refractivity contribution in [3.05, 3.63) is 71.5 Å². The van der Waals surface area contributed by atoms with Crippen LogP contribution in [0.3, 0.4) is 0 Å². The Kier molecular flexibility index (Phi) is 2.98. The number of hydrogen-bond acceptors (Lipinski definition) is 1. The summed E-state index contributed by atoms with van der Waals surface area (Å²) in [6.45, 7) is 0. The predicted octanol–water partition coefficient (Wildman–Crippen LogP) is 3.48. The Bertz CT molecular complexity index is 497. The van der Waals surface area contributed by atoms with Crippen molar-refractivity contribution in [2.75, 3.05) is 0 Å². The molecule has 0 heterocycles. The topological polar surface area (TPSA) is 23.8 Å². The molecule has 1 atom stereocenters. The van der Waals surface area contributed by atoms with E-state index >= 15 is 0 Å². The van der Waals surface area contributed by atoms with Crippen LogP contribution in [-0.4, -0.2) is 0 Å². The molecule has 1 nitrogen and oxygen atoms in total. The molecule has 2 heteroatoms. The quantitative estimate of drug-likeness (QED) is 0.746. The summed E-state index contributed by atoms with van der Waals surface area (Å²) in [7, 11) is 0. The molecule has 0 bridgehead atoms. The second kappa shape index (κ2) is 4.59. The molecule has 2 aromatic carbocycles. The van der Waals surface area contributed by atoms with Crippen LogP contribution in [-0.2, 0) is 0 Å². The molecule has 0 amide bonds. The smallest absolute Gasteiger partial charge is 0.123 e. The van der Waals surface area contributed by atoms with Crippen LogP contribution in [0.15, 0.2) is 54.6 Å². The molecule has 0 N–H and O–H groups in total. The van der Waals surface area contributed by atoms with Crippen LogP contribution in [0.25, 0.3) is 0 Å². The van der Waals surface area contributed by atoms with Gasteiger partial charge in [-0.3, -0.25) is 0 Å². The summed E-state index contributed by atoms with van der Waals surface area (Å²) in [6, 6.07) is 17.8. The monoisotopic (exact) mass is 211 g/mol. The van der Waals surface area contributed by atoms with Crippen molar-refractivity contribution in [3.8, 4) is 6.07 Å². The third-order valence-corrected chi connectivity index (χ3v) is 2.47. The summed E-state index contributed by atoms with van der Waals surface area (Å²) in [4.78, 5) is 0. The van der Waals surface area contributed by atoms with Crippen molar-refractivity contribution in [3.63, 3.8) is 0 Å². The van der Waals surface area contributed by atoms with Crippen LogP contribution in [0.5, 0.6) is 0 Å². The first kappa shape index (κ1) is 10.4. The Labute approximate surface area is 93.8 Å². The highest BCUT2D eigenvalue weighted by Gasteiger charge is 2.12. The van der Waals surface area contributed by atoms with E-state index in [9.17, 15) is 4.39 Å². The van der Waals surface area contributed by atoms with Gasteiger partial charge in [0.1, 0.15) is 5.82 Å². The Morgan fingerprint density at radius 1 is 0.875 bits per heavy atom. The van der Waals surface area contributed by atoms with Crippen LogP contribution in [0.2, 0.25) is 0 Å². The summed E-state index contributed by atoms with van der Waals surface area (Å²) in [6.07, 6.45) is 0. The highest BCUT2D eigenvalue weighted by molar-refractivity contribution is 5.37. The maximum Gasteiger partial charge on any atom is 0.123 e. The molecular formula is C14H10FN. The van der Waals surface area contributed by atoms with Crippen molar-refractivity contribution in [2.45, 2.75) is 5.92 Å². The van der Waals surface area contributed by atoms with Gasteiger partial charge in [-0.25, -0.2) is 4.39 Å². The maximum absolute atomic E-state index is 12.8. The molecule has 0 aliphatic rings.